The fourth-order valence-electron chi connectivity index (χ4n) is 2.98. The van der Waals surface area contributed by atoms with Crippen molar-refractivity contribution in [3.8, 4) is 0 Å². The van der Waals surface area contributed by atoms with Crippen LogP contribution in [0.15, 0.2) is 35.3 Å². The lowest BCUT2D eigenvalue weighted by Gasteiger charge is -2.30. The molecule has 1 aromatic carbocycles. The van der Waals surface area contributed by atoms with Gasteiger partial charge in [0, 0.05) is 13.1 Å². The maximum absolute atomic E-state index is 12.1. The van der Waals surface area contributed by atoms with Crippen LogP contribution in [0.4, 0.5) is 0 Å². The smallest absolute Gasteiger partial charge is 0.269 e. The van der Waals surface area contributed by atoms with Crippen molar-refractivity contribution in [1.29, 1.82) is 0 Å². The third kappa shape index (κ3) is 2.54. The largest absolute Gasteiger partial charge is 0.306 e. The van der Waals surface area contributed by atoms with Gasteiger partial charge in [-0.25, -0.2) is 4.98 Å². The van der Waals surface area contributed by atoms with Gasteiger partial charge < -0.3 is 9.47 Å². The molecule has 1 atom stereocenters. The van der Waals surface area contributed by atoms with Gasteiger partial charge in [-0.1, -0.05) is 12.1 Å². The molecule has 4 nitrogen and oxygen atoms in total. The number of rotatable bonds is 2. The molecule has 0 amide bonds. The molecule has 2 heterocycles. The molecule has 0 N–H and O–H groups in total. The van der Waals surface area contributed by atoms with Gasteiger partial charge in [-0.05, 0) is 44.5 Å². The number of piperidine rings is 1. The second kappa shape index (κ2) is 5.13. The van der Waals surface area contributed by atoms with Crippen LogP contribution in [0.3, 0.4) is 0 Å². The lowest BCUT2D eigenvalue weighted by atomic mass is 9.98. The molecule has 2 aromatic rings. The van der Waals surface area contributed by atoms with Crippen molar-refractivity contribution < 1.29 is 0 Å². The van der Waals surface area contributed by atoms with Crippen molar-refractivity contribution in [3.63, 3.8) is 0 Å². The Labute approximate surface area is 112 Å². The molecule has 1 aromatic heterocycles. The van der Waals surface area contributed by atoms with Crippen LogP contribution in [0.25, 0.3) is 11.0 Å². The Morgan fingerprint density at radius 3 is 3.05 bits per heavy atom. The number of hydrogen-bond donors (Lipinski definition) is 0. The van der Waals surface area contributed by atoms with E-state index >= 15 is 0 Å². The van der Waals surface area contributed by atoms with E-state index in [1.165, 1.54) is 25.6 Å². The van der Waals surface area contributed by atoms with Gasteiger partial charge in [-0.2, -0.15) is 0 Å². The van der Waals surface area contributed by atoms with E-state index in [0.29, 0.717) is 5.92 Å². The molecule has 4 heteroatoms. The molecule has 1 fully saturated rings. The third-order valence-corrected chi connectivity index (χ3v) is 3.92. The van der Waals surface area contributed by atoms with Gasteiger partial charge in [0.2, 0.25) is 0 Å². The fraction of sp³-hybridized carbons (Fsp3) is 0.467. The van der Waals surface area contributed by atoms with Crippen LogP contribution in [0.5, 0.6) is 0 Å². The number of nitrogens with zero attached hydrogens (tertiary/aromatic N) is 3. The predicted molar refractivity (Wildman–Crippen MR) is 76.2 cm³/mol. The van der Waals surface area contributed by atoms with Crippen LogP contribution in [0.1, 0.15) is 12.8 Å². The Balaban J connectivity index is 1.95. The summed E-state index contributed by atoms with van der Waals surface area (Å²) in [5, 5.41) is 0. The summed E-state index contributed by atoms with van der Waals surface area (Å²) < 4.78 is 1.88. The summed E-state index contributed by atoms with van der Waals surface area (Å²) in [4.78, 5) is 18.6. The Morgan fingerprint density at radius 1 is 1.37 bits per heavy atom. The van der Waals surface area contributed by atoms with Crippen LogP contribution < -0.4 is 5.56 Å². The van der Waals surface area contributed by atoms with Gasteiger partial charge in [-0.15, -0.1) is 0 Å². The summed E-state index contributed by atoms with van der Waals surface area (Å²) in [5.74, 6) is 0.558. The number of hydrogen-bond acceptors (Lipinski definition) is 3. The minimum atomic E-state index is 0.00641. The number of benzene rings is 1. The molecule has 0 bridgehead atoms. The lowest BCUT2D eigenvalue weighted by molar-refractivity contribution is 0.194. The van der Waals surface area contributed by atoms with Crippen molar-refractivity contribution in [2.75, 3.05) is 20.1 Å². The van der Waals surface area contributed by atoms with Crippen molar-refractivity contribution in [1.82, 2.24) is 14.5 Å². The van der Waals surface area contributed by atoms with Crippen molar-refractivity contribution in [3.05, 3.63) is 40.8 Å². The summed E-state index contributed by atoms with van der Waals surface area (Å²) in [5.41, 5.74) is 1.85. The second-order valence-corrected chi connectivity index (χ2v) is 5.47. The topological polar surface area (TPSA) is 38.1 Å². The quantitative estimate of drug-likeness (QED) is 0.822. The summed E-state index contributed by atoms with van der Waals surface area (Å²) in [7, 11) is 2.15. The van der Waals surface area contributed by atoms with Gasteiger partial charge in [0.15, 0.2) is 0 Å². The molecule has 1 aliphatic rings. The van der Waals surface area contributed by atoms with Crippen LogP contribution in [-0.4, -0.2) is 34.6 Å². The number of aromatic nitrogens is 2. The summed E-state index contributed by atoms with van der Waals surface area (Å²) >= 11 is 0. The molecule has 0 unspecified atom stereocenters. The van der Waals surface area contributed by atoms with Crippen LogP contribution in [-0.2, 0) is 6.54 Å². The molecule has 19 heavy (non-hydrogen) atoms. The highest BCUT2D eigenvalue weighted by atomic mass is 16.1. The Bertz CT molecular complexity index is 635. The molecule has 0 aliphatic carbocycles. The van der Waals surface area contributed by atoms with Crippen LogP contribution in [0.2, 0.25) is 0 Å². The van der Waals surface area contributed by atoms with Gasteiger partial charge in [0.1, 0.15) is 0 Å². The lowest BCUT2D eigenvalue weighted by Crippen LogP contribution is -2.36. The Morgan fingerprint density at radius 2 is 2.21 bits per heavy atom. The first-order valence-electron chi connectivity index (χ1n) is 6.87. The van der Waals surface area contributed by atoms with E-state index in [1.54, 1.807) is 0 Å². The molecule has 1 aliphatic heterocycles. The first-order chi connectivity index (χ1) is 9.24. The molecule has 100 valence electrons. The number of para-hydroxylation sites is 2. The monoisotopic (exact) mass is 257 g/mol. The van der Waals surface area contributed by atoms with E-state index in [1.807, 2.05) is 28.8 Å². The minimum Gasteiger partial charge on any atom is -0.306 e. The van der Waals surface area contributed by atoms with E-state index in [4.69, 9.17) is 0 Å². The Kier molecular flexibility index (Phi) is 3.34. The van der Waals surface area contributed by atoms with Crippen molar-refractivity contribution in [2.45, 2.75) is 19.4 Å². The Hall–Kier alpha value is -1.68. The number of likely N-dealkylation sites (tertiary alicyclic amines) is 1. The van der Waals surface area contributed by atoms with Gasteiger partial charge in [-0.3, -0.25) is 4.79 Å². The van der Waals surface area contributed by atoms with E-state index in [-0.39, 0.29) is 5.56 Å². The minimum absolute atomic E-state index is 0.00641. The molecule has 0 saturated carbocycles. The van der Waals surface area contributed by atoms with Crippen LogP contribution >= 0.6 is 0 Å². The highest BCUT2D eigenvalue weighted by Crippen LogP contribution is 2.18. The zero-order valence-corrected chi connectivity index (χ0v) is 11.2. The predicted octanol–water partition coefficient (Wildman–Crippen LogP) is 1.74. The third-order valence-electron chi connectivity index (χ3n) is 3.92. The number of fused-ring (bicyclic) bond motifs is 1. The van der Waals surface area contributed by atoms with Gasteiger partial charge in [0.05, 0.1) is 17.2 Å². The van der Waals surface area contributed by atoms with E-state index in [9.17, 15) is 4.79 Å². The average Bonchev–Trinajstić information content (AvgIpc) is 2.42. The highest BCUT2D eigenvalue weighted by molar-refractivity contribution is 5.74. The molecule has 3 rings (SSSR count). The highest BCUT2D eigenvalue weighted by Gasteiger charge is 2.18. The standard InChI is InChI=1S/C15H19N3O/c1-17-8-4-5-12(10-17)11-18-14-7-3-2-6-13(14)16-9-15(18)19/h2-3,6-7,9,12H,4-5,8,10-11H2,1H3/t12-/m1/s1. The molecule has 1 saturated heterocycles. The molecular formula is C15H19N3O. The average molecular weight is 257 g/mol. The normalized spacial score (nSPS) is 20.8. The van der Waals surface area contributed by atoms with Gasteiger partial charge in [0.25, 0.3) is 5.56 Å². The van der Waals surface area contributed by atoms with Gasteiger partial charge >= 0.3 is 0 Å². The first-order valence-corrected chi connectivity index (χ1v) is 6.87. The molecule has 0 radical (unpaired) electrons. The SMILES string of the molecule is CN1CCC[C@@H](Cn2c(=O)cnc3ccccc32)C1. The summed E-state index contributed by atoms with van der Waals surface area (Å²) in [6.07, 6.45) is 3.86. The first kappa shape index (κ1) is 12.4. The zero-order valence-electron chi connectivity index (χ0n) is 11.2. The van der Waals surface area contributed by atoms with E-state index in [2.05, 4.69) is 16.9 Å². The van der Waals surface area contributed by atoms with E-state index < -0.39 is 0 Å². The molecular weight excluding hydrogens is 238 g/mol. The maximum Gasteiger partial charge on any atom is 0.269 e. The van der Waals surface area contributed by atoms with Crippen LogP contribution in [0, 0.1) is 5.92 Å². The maximum atomic E-state index is 12.1. The van der Waals surface area contributed by atoms with Crippen molar-refractivity contribution >= 4 is 11.0 Å². The van der Waals surface area contributed by atoms with E-state index in [0.717, 1.165) is 24.1 Å². The zero-order chi connectivity index (χ0) is 13.2. The van der Waals surface area contributed by atoms with Crippen molar-refractivity contribution in [2.24, 2.45) is 5.92 Å². The summed E-state index contributed by atoms with van der Waals surface area (Å²) in [6, 6.07) is 7.86. The summed E-state index contributed by atoms with van der Waals surface area (Å²) in [6.45, 7) is 3.04. The molecule has 0 spiro atoms. The second-order valence-electron chi connectivity index (χ2n) is 5.47. The fourth-order valence-corrected chi connectivity index (χ4v) is 2.98.